The molecule has 1 aliphatic rings. The molecule has 0 unspecified atom stereocenters. The summed E-state index contributed by atoms with van der Waals surface area (Å²) in [5.41, 5.74) is -1.20. The molecule has 0 aromatic heterocycles. The van der Waals surface area contributed by atoms with E-state index in [1.165, 1.54) is 6.07 Å². The molecule has 0 atom stereocenters. The Bertz CT molecular complexity index is 548. The normalized spacial score (nSPS) is 15.6. The second-order valence-electron chi connectivity index (χ2n) is 4.37. The highest BCUT2D eigenvalue weighted by molar-refractivity contribution is 6.34. The van der Waals surface area contributed by atoms with Crippen molar-refractivity contribution in [1.29, 1.82) is 0 Å². The highest BCUT2D eigenvalue weighted by Gasteiger charge is 2.58. The van der Waals surface area contributed by atoms with Gasteiger partial charge in [0.1, 0.15) is 0 Å². The van der Waals surface area contributed by atoms with E-state index in [2.05, 4.69) is 0 Å². The Kier molecular flexibility index (Phi) is 3.57. The molecule has 0 bridgehead atoms. The lowest BCUT2D eigenvalue weighted by molar-refractivity contribution is -0.160. The van der Waals surface area contributed by atoms with Crippen LogP contribution in [-0.4, -0.2) is 29.4 Å². The molecule has 6 heteroatoms. The van der Waals surface area contributed by atoms with Crippen LogP contribution >= 0.6 is 11.6 Å². The molecule has 1 aliphatic carbocycles. The van der Waals surface area contributed by atoms with Gasteiger partial charge in [0, 0.05) is 5.56 Å². The number of esters is 1. The lowest BCUT2D eigenvalue weighted by Crippen LogP contribution is -2.29. The Balaban J connectivity index is 1.97. The first kappa shape index (κ1) is 13.5. The van der Waals surface area contributed by atoms with Gasteiger partial charge < -0.3 is 9.84 Å². The largest absolute Gasteiger partial charge is 0.480 e. The van der Waals surface area contributed by atoms with Crippen molar-refractivity contribution in [3.8, 4) is 0 Å². The summed E-state index contributed by atoms with van der Waals surface area (Å²) in [6, 6.07) is 6.38. The number of carbonyl (C=O) groups is 3. The zero-order valence-corrected chi connectivity index (χ0v) is 10.6. The number of rotatable bonds is 5. The number of ketones is 1. The fourth-order valence-corrected chi connectivity index (χ4v) is 1.91. The van der Waals surface area contributed by atoms with Gasteiger partial charge in [-0.2, -0.15) is 0 Å². The lowest BCUT2D eigenvalue weighted by atomic mass is 10.1. The van der Waals surface area contributed by atoms with Crippen LogP contribution in [0.4, 0.5) is 0 Å². The minimum absolute atomic E-state index is 0.247. The molecule has 1 aromatic rings. The topological polar surface area (TPSA) is 80.7 Å². The zero-order valence-electron chi connectivity index (χ0n) is 9.89. The van der Waals surface area contributed by atoms with Gasteiger partial charge in [0.25, 0.3) is 0 Å². The van der Waals surface area contributed by atoms with Crippen molar-refractivity contribution in [2.75, 3.05) is 6.61 Å². The van der Waals surface area contributed by atoms with Gasteiger partial charge in [0.15, 0.2) is 12.0 Å². The number of carboxylic acids is 1. The Hall–Kier alpha value is -1.88. The van der Waals surface area contributed by atoms with Gasteiger partial charge in [-0.1, -0.05) is 23.7 Å². The van der Waals surface area contributed by atoms with Gasteiger partial charge in [-0.3, -0.25) is 14.4 Å². The van der Waals surface area contributed by atoms with Gasteiger partial charge in [0.2, 0.25) is 5.78 Å². The molecule has 1 fully saturated rings. The number of carbonyl (C=O) groups excluding carboxylic acids is 2. The first-order valence-corrected chi connectivity index (χ1v) is 6.03. The quantitative estimate of drug-likeness (QED) is 0.507. The standard InChI is InChI=1S/C13H11ClO5/c14-9-4-2-1-3-8(9)10(15)7-19-12(18)13(5-6-13)11(16)17/h1-4H,5-7H2,(H,16,17). The molecule has 0 amide bonds. The Labute approximate surface area is 114 Å². The summed E-state index contributed by atoms with van der Waals surface area (Å²) in [6.45, 7) is -0.502. The molecule has 0 radical (unpaired) electrons. The summed E-state index contributed by atoms with van der Waals surface area (Å²) < 4.78 is 4.77. The maximum Gasteiger partial charge on any atom is 0.323 e. The molecule has 0 spiro atoms. The van der Waals surface area contributed by atoms with Crippen LogP contribution in [0.5, 0.6) is 0 Å². The summed E-state index contributed by atoms with van der Waals surface area (Å²) in [4.78, 5) is 34.3. The number of ether oxygens (including phenoxy) is 1. The molecule has 0 heterocycles. The number of aliphatic carboxylic acids is 1. The van der Waals surface area contributed by atoms with E-state index in [0.29, 0.717) is 0 Å². The second kappa shape index (κ2) is 5.01. The van der Waals surface area contributed by atoms with E-state index in [0.717, 1.165) is 0 Å². The summed E-state index contributed by atoms with van der Waals surface area (Å²) >= 11 is 5.83. The van der Waals surface area contributed by atoms with Crippen LogP contribution in [0.1, 0.15) is 23.2 Å². The second-order valence-corrected chi connectivity index (χ2v) is 4.77. The minimum Gasteiger partial charge on any atom is -0.480 e. The fourth-order valence-electron chi connectivity index (χ4n) is 1.66. The van der Waals surface area contributed by atoms with Crippen molar-refractivity contribution >= 4 is 29.3 Å². The number of benzene rings is 1. The van der Waals surface area contributed by atoms with Gasteiger partial charge in [-0.05, 0) is 25.0 Å². The van der Waals surface area contributed by atoms with Crippen molar-refractivity contribution in [3.63, 3.8) is 0 Å². The third-order valence-corrected chi connectivity index (χ3v) is 3.39. The monoisotopic (exact) mass is 282 g/mol. The van der Waals surface area contributed by atoms with Crippen molar-refractivity contribution in [2.45, 2.75) is 12.8 Å². The molecule has 1 aromatic carbocycles. The van der Waals surface area contributed by atoms with Crippen LogP contribution in [0, 0.1) is 5.41 Å². The molecule has 0 saturated heterocycles. The average molecular weight is 283 g/mol. The molecule has 1 saturated carbocycles. The van der Waals surface area contributed by atoms with Crippen LogP contribution in [0.3, 0.4) is 0 Å². The maximum absolute atomic E-state index is 11.8. The van der Waals surface area contributed by atoms with Crippen LogP contribution < -0.4 is 0 Å². The van der Waals surface area contributed by atoms with Crippen LogP contribution in [0.2, 0.25) is 5.02 Å². The predicted octanol–water partition coefficient (Wildman–Crippen LogP) is 1.93. The van der Waals surface area contributed by atoms with E-state index in [-0.39, 0.29) is 23.4 Å². The molecule has 5 nitrogen and oxygen atoms in total. The lowest BCUT2D eigenvalue weighted by Gasteiger charge is -2.09. The molecule has 100 valence electrons. The molecular weight excluding hydrogens is 272 g/mol. The predicted molar refractivity (Wildman–Crippen MR) is 66.0 cm³/mol. The maximum atomic E-state index is 11.8. The molecular formula is C13H11ClO5. The van der Waals surface area contributed by atoms with Crippen LogP contribution in [-0.2, 0) is 14.3 Å². The highest BCUT2D eigenvalue weighted by atomic mass is 35.5. The third kappa shape index (κ3) is 2.61. The number of Topliss-reactive ketones (excluding diaryl/α,β-unsaturated/α-hetero) is 1. The summed E-state index contributed by atoms with van der Waals surface area (Å²) in [6.07, 6.45) is 0.503. The Morgan fingerprint density at radius 1 is 1.26 bits per heavy atom. The van der Waals surface area contributed by atoms with Gasteiger partial charge in [0.05, 0.1) is 5.02 Å². The summed E-state index contributed by atoms with van der Waals surface area (Å²) in [5, 5.41) is 9.16. The molecule has 1 N–H and O–H groups in total. The number of hydrogen-bond donors (Lipinski definition) is 1. The zero-order chi connectivity index (χ0) is 14.0. The van der Waals surface area contributed by atoms with Crippen molar-refractivity contribution in [1.82, 2.24) is 0 Å². The number of carboxylic acid groups (broad SMARTS) is 1. The average Bonchev–Trinajstić information content (AvgIpc) is 3.17. The van der Waals surface area contributed by atoms with Gasteiger partial charge >= 0.3 is 11.9 Å². The van der Waals surface area contributed by atoms with E-state index in [1.807, 2.05) is 0 Å². The molecule has 2 rings (SSSR count). The SMILES string of the molecule is O=C(COC(=O)C1(C(=O)O)CC1)c1ccccc1Cl. The number of hydrogen-bond acceptors (Lipinski definition) is 4. The van der Waals surface area contributed by atoms with E-state index >= 15 is 0 Å². The number of halogens is 1. The molecule has 0 aliphatic heterocycles. The highest BCUT2D eigenvalue weighted by Crippen LogP contribution is 2.47. The Morgan fingerprint density at radius 2 is 1.89 bits per heavy atom. The van der Waals surface area contributed by atoms with Crippen LogP contribution in [0.15, 0.2) is 24.3 Å². The van der Waals surface area contributed by atoms with Crippen LogP contribution in [0.25, 0.3) is 0 Å². The first-order chi connectivity index (χ1) is 8.97. The van der Waals surface area contributed by atoms with Crippen molar-refractivity contribution in [3.05, 3.63) is 34.9 Å². The summed E-state index contributed by atoms with van der Waals surface area (Å²) in [7, 11) is 0. The van der Waals surface area contributed by atoms with Gasteiger partial charge in [-0.25, -0.2) is 0 Å². The van der Waals surface area contributed by atoms with E-state index in [4.69, 9.17) is 21.4 Å². The van der Waals surface area contributed by atoms with Crippen molar-refractivity contribution in [2.24, 2.45) is 5.41 Å². The van der Waals surface area contributed by atoms with Gasteiger partial charge in [-0.15, -0.1) is 0 Å². The Morgan fingerprint density at radius 3 is 2.42 bits per heavy atom. The van der Waals surface area contributed by atoms with E-state index in [1.54, 1.807) is 18.2 Å². The third-order valence-electron chi connectivity index (χ3n) is 3.06. The first-order valence-electron chi connectivity index (χ1n) is 5.66. The molecule has 19 heavy (non-hydrogen) atoms. The summed E-state index contributed by atoms with van der Waals surface area (Å²) in [5.74, 6) is -2.52. The fraction of sp³-hybridized carbons (Fsp3) is 0.308. The van der Waals surface area contributed by atoms with Crippen molar-refractivity contribution < 1.29 is 24.2 Å². The minimum atomic E-state index is -1.44. The van der Waals surface area contributed by atoms with E-state index < -0.39 is 29.7 Å². The van der Waals surface area contributed by atoms with E-state index in [9.17, 15) is 14.4 Å². The smallest absolute Gasteiger partial charge is 0.323 e.